The number of hydrogen-bond donors (Lipinski definition) is 2. The molecule has 3 aromatic rings. The van der Waals surface area contributed by atoms with E-state index in [-0.39, 0.29) is 10.3 Å². The summed E-state index contributed by atoms with van der Waals surface area (Å²) in [4.78, 5) is 27.5. The Morgan fingerprint density at radius 1 is 1.19 bits per heavy atom. The Morgan fingerprint density at radius 3 is 2.62 bits per heavy atom. The molecule has 1 aromatic heterocycles. The Bertz CT molecular complexity index is 1140. The molecule has 0 aliphatic heterocycles. The van der Waals surface area contributed by atoms with E-state index in [1.807, 2.05) is 0 Å². The number of carbonyl (C=O) groups is 1. The van der Waals surface area contributed by atoms with Gasteiger partial charge in [0.15, 0.2) is 16.4 Å². The fourth-order valence-electron chi connectivity index (χ4n) is 2.59. The van der Waals surface area contributed by atoms with Gasteiger partial charge >= 0.3 is 0 Å². The topological polar surface area (TPSA) is 66.9 Å². The molecular weight excluding hydrogens is 360 g/mol. The summed E-state index contributed by atoms with van der Waals surface area (Å²) in [6.07, 6.45) is 0. The van der Waals surface area contributed by atoms with Crippen molar-refractivity contribution in [2.75, 3.05) is 0 Å². The monoisotopic (exact) mass is 375 g/mol. The molecule has 0 fully saturated rings. The first-order chi connectivity index (χ1) is 12.3. The van der Waals surface area contributed by atoms with E-state index in [1.54, 1.807) is 20.0 Å². The van der Waals surface area contributed by atoms with Crippen molar-refractivity contribution in [3.8, 4) is 0 Å². The molecule has 1 amide bonds. The zero-order valence-corrected chi connectivity index (χ0v) is 14.8. The summed E-state index contributed by atoms with van der Waals surface area (Å²) >= 11 is 5.07. The van der Waals surface area contributed by atoms with E-state index in [0.29, 0.717) is 22.0 Å². The van der Waals surface area contributed by atoms with Crippen molar-refractivity contribution >= 4 is 29.0 Å². The minimum atomic E-state index is -0.974. The molecule has 134 valence electrons. The third-order valence-corrected chi connectivity index (χ3v) is 4.53. The fourth-order valence-corrected chi connectivity index (χ4v) is 2.79. The van der Waals surface area contributed by atoms with E-state index in [1.165, 1.54) is 22.8 Å². The highest BCUT2D eigenvalue weighted by Crippen LogP contribution is 2.17. The van der Waals surface area contributed by atoms with E-state index in [9.17, 15) is 18.4 Å². The molecule has 5 nitrogen and oxygen atoms in total. The van der Waals surface area contributed by atoms with Crippen molar-refractivity contribution in [1.29, 1.82) is 0 Å². The summed E-state index contributed by atoms with van der Waals surface area (Å²) in [5, 5.41) is 3.12. The second kappa shape index (κ2) is 6.80. The van der Waals surface area contributed by atoms with Crippen molar-refractivity contribution in [1.82, 2.24) is 14.9 Å². The predicted molar refractivity (Wildman–Crippen MR) is 96.6 cm³/mol. The number of rotatable bonds is 3. The lowest BCUT2D eigenvalue weighted by molar-refractivity contribution is 0.0940. The molecule has 2 aromatic carbocycles. The van der Waals surface area contributed by atoms with Crippen molar-refractivity contribution in [2.24, 2.45) is 7.05 Å². The standard InChI is InChI=1S/C18H15F2N3O2S/c1-9(10-4-6-13(19)14(20)7-10)21-16(24)11-3-5-12-15(8-11)22-18(26)23(2)17(12)25/h3-9H,1-2H3,(H,21,24)(H,22,26)/t9-/m1/s1. The van der Waals surface area contributed by atoms with Crippen LogP contribution >= 0.6 is 12.2 Å². The zero-order valence-electron chi connectivity index (χ0n) is 14.0. The van der Waals surface area contributed by atoms with Gasteiger partial charge in [0.05, 0.1) is 16.9 Å². The van der Waals surface area contributed by atoms with Crippen molar-refractivity contribution in [2.45, 2.75) is 13.0 Å². The SMILES string of the molecule is C[C@@H](NC(=O)c1ccc2c(=O)n(C)c(=S)[nH]c2c1)c1ccc(F)c(F)c1. The Balaban J connectivity index is 1.90. The lowest BCUT2D eigenvalue weighted by Gasteiger charge is -2.15. The first kappa shape index (κ1) is 17.9. The maximum absolute atomic E-state index is 13.3. The molecular formula is C18H15F2N3O2S. The second-order valence-electron chi connectivity index (χ2n) is 5.92. The Morgan fingerprint density at radius 2 is 1.92 bits per heavy atom. The minimum absolute atomic E-state index is 0.246. The number of aromatic amines is 1. The molecule has 1 heterocycles. The van der Waals surface area contributed by atoms with Crippen molar-refractivity contribution in [3.63, 3.8) is 0 Å². The number of fused-ring (bicyclic) bond motifs is 1. The van der Waals surface area contributed by atoms with E-state index >= 15 is 0 Å². The van der Waals surface area contributed by atoms with Crippen LogP contribution in [0.25, 0.3) is 10.9 Å². The van der Waals surface area contributed by atoms with Gasteiger partial charge in [0, 0.05) is 12.6 Å². The van der Waals surface area contributed by atoms with Crippen LogP contribution in [0.5, 0.6) is 0 Å². The smallest absolute Gasteiger partial charge is 0.261 e. The van der Waals surface area contributed by atoms with Gasteiger partial charge in [-0.2, -0.15) is 0 Å². The van der Waals surface area contributed by atoms with Crippen LogP contribution in [0.1, 0.15) is 28.9 Å². The highest BCUT2D eigenvalue weighted by molar-refractivity contribution is 7.71. The van der Waals surface area contributed by atoms with E-state index in [2.05, 4.69) is 10.3 Å². The second-order valence-corrected chi connectivity index (χ2v) is 6.31. The highest BCUT2D eigenvalue weighted by Gasteiger charge is 2.14. The van der Waals surface area contributed by atoms with Crippen LogP contribution in [-0.2, 0) is 7.05 Å². The number of benzene rings is 2. The molecule has 0 saturated carbocycles. The largest absolute Gasteiger partial charge is 0.346 e. The molecule has 0 bridgehead atoms. The first-order valence-electron chi connectivity index (χ1n) is 7.77. The van der Waals surface area contributed by atoms with Gasteiger partial charge < -0.3 is 10.3 Å². The van der Waals surface area contributed by atoms with Crippen LogP contribution in [-0.4, -0.2) is 15.5 Å². The lowest BCUT2D eigenvalue weighted by Crippen LogP contribution is -2.27. The minimum Gasteiger partial charge on any atom is -0.346 e. The van der Waals surface area contributed by atoms with Gasteiger partial charge in [0.1, 0.15) is 0 Å². The third-order valence-electron chi connectivity index (χ3n) is 4.15. The van der Waals surface area contributed by atoms with E-state index < -0.39 is 23.6 Å². The highest BCUT2D eigenvalue weighted by atomic mass is 32.1. The van der Waals surface area contributed by atoms with Crippen molar-refractivity contribution < 1.29 is 13.6 Å². The Kier molecular flexibility index (Phi) is 4.69. The number of amides is 1. The summed E-state index contributed by atoms with van der Waals surface area (Å²) in [5.41, 5.74) is 0.939. The van der Waals surface area contributed by atoms with Crippen LogP contribution in [0.3, 0.4) is 0 Å². The lowest BCUT2D eigenvalue weighted by atomic mass is 10.1. The zero-order chi connectivity index (χ0) is 19.0. The van der Waals surface area contributed by atoms with Gasteiger partial charge in [-0.1, -0.05) is 6.07 Å². The summed E-state index contributed by atoms with van der Waals surface area (Å²) in [5.74, 6) is -2.33. The quantitative estimate of drug-likeness (QED) is 0.690. The van der Waals surface area contributed by atoms with E-state index in [0.717, 1.165) is 12.1 Å². The van der Waals surface area contributed by atoms with Crippen LogP contribution in [0.4, 0.5) is 8.78 Å². The first-order valence-corrected chi connectivity index (χ1v) is 8.17. The molecule has 0 saturated heterocycles. The molecule has 1 atom stereocenters. The summed E-state index contributed by atoms with van der Waals surface area (Å²) in [6, 6.07) is 7.52. The maximum Gasteiger partial charge on any atom is 0.261 e. The number of hydrogen-bond acceptors (Lipinski definition) is 3. The van der Waals surface area contributed by atoms with Crippen LogP contribution in [0.15, 0.2) is 41.2 Å². The van der Waals surface area contributed by atoms with Crippen LogP contribution < -0.4 is 10.9 Å². The van der Waals surface area contributed by atoms with Gasteiger partial charge in [-0.15, -0.1) is 0 Å². The van der Waals surface area contributed by atoms with Gasteiger partial charge in [-0.3, -0.25) is 14.2 Å². The molecule has 0 radical (unpaired) electrons. The van der Waals surface area contributed by atoms with Gasteiger partial charge in [0.2, 0.25) is 0 Å². The normalized spacial score (nSPS) is 12.2. The molecule has 26 heavy (non-hydrogen) atoms. The number of halogens is 2. The molecule has 0 unspecified atom stereocenters. The molecule has 0 aliphatic rings. The summed E-state index contributed by atoms with van der Waals surface area (Å²) < 4.78 is 27.9. The number of H-pyrrole nitrogens is 1. The Labute approximate surface area is 152 Å². The number of nitrogens with zero attached hydrogens (tertiary/aromatic N) is 1. The molecule has 0 aliphatic carbocycles. The molecule has 0 spiro atoms. The van der Waals surface area contributed by atoms with Crippen molar-refractivity contribution in [3.05, 3.63) is 74.3 Å². The van der Waals surface area contributed by atoms with Crippen LogP contribution in [0, 0.1) is 16.4 Å². The maximum atomic E-state index is 13.3. The average Bonchev–Trinajstić information content (AvgIpc) is 2.61. The number of aromatic nitrogens is 2. The fraction of sp³-hybridized carbons (Fsp3) is 0.167. The molecule has 3 rings (SSSR count). The molecule has 2 N–H and O–H groups in total. The predicted octanol–water partition coefficient (Wildman–Crippen LogP) is 3.37. The average molecular weight is 375 g/mol. The van der Waals surface area contributed by atoms with E-state index in [4.69, 9.17) is 12.2 Å². The summed E-state index contributed by atoms with van der Waals surface area (Å²) in [6.45, 7) is 1.66. The van der Waals surface area contributed by atoms with Crippen LogP contribution in [0.2, 0.25) is 0 Å². The third kappa shape index (κ3) is 3.28. The van der Waals surface area contributed by atoms with Gasteiger partial charge in [-0.25, -0.2) is 8.78 Å². The summed E-state index contributed by atoms with van der Waals surface area (Å²) in [7, 11) is 1.56. The van der Waals surface area contributed by atoms with Gasteiger partial charge in [0.25, 0.3) is 11.5 Å². The van der Waals surface area contributed by atoms with Gasteiger partial charge in [-0.05, 0) is 55.0 Å². The number of carbonyl (C=O) groups excluding carboxylic acids is 1. The molecule has 8 heteroatoms. The Hall–Kier alpha value is -2.87. The number of nitrogens with one attached hydrogen (secondary N) is 2.